The minimum Gasteiger partial charge on any atom is -0.507 e. The van der Waals surface area contributed by atoms with Gasteiger partial charge in [-0.25, -0.2) is 5.43 Å². The van der Waals surface area contributed by atoms with Gasteiger partial charge in [-0.1, -0.05) is 19.1 Å². The first kappa shape index (κ1) is 13.9. The van der Waals surface area contributed by atoms with Crippen LogP contribution in [0.15, 0.2) is 45.9 Å². The number of hydrogen-bond donors (Lipinski definition) is 2. The third-order valence-electron chi connectivity index (χ3n) is 2.81. The van der Waals surface area contributed by atoms with Crippen LogP contribution in [0.5, 0.6) is 5.75 Å². The zero-order valence-electron chi connectivity index (χ0n) is 11.4. The van der Waals surface area contributed by atoms with Gasteiger partial charge in [-0.15, -0.1) is 0 Å². The molecule has 5 heteroatoms. The number of para-hydroxylation sites is 1. The van der Waals surface area contributed by atoms with E-state index >= 15 is 0 Å². The van der Waals surface area contributed by atoms with Gasteiger partial charge in [0.2, 0.25) is 0 Å². The Morgan fingerprint density at radius 1 is 1.30 bits per heavy atom. The van der Waals surface area contributed by atoms with Crippen molar-refractivity contribution in [2.75, 3.05) is 0 Å². The van der Waals surface area contributed by atoms with E-state index in [4.69, 9.17) is 4.42 Å². The van der Waals surface area contributed by atoms with Crippen molar-refractivity contribution in [1.29, 1.82) is 0 Å². The van der Waals surface area contributed by atoms with E-state index < -0.39 is 5.91 Å². The molecule has 0 saturated carbocycles. The Hall–Kier alpha value is -2.56. The molecule has 0 aliphatic rings. The molecule has 1 amide bonds. The summed E-state index contributed by atoms with van der Waals surface area (Å²) >= 11 is 0. The van der Waals surface area contributed by atoms with Crippen LogP contribution in [0, 0.1) is 6.92 Å². The van der Waals surface area contributed by atoms with Crippen molar-refractivity contribution in [3.8, 4) is 5.75 Å². The van der Waals surface area contributed by atoms with Gasteiger partial charge in [0.1, 0.15) is 11.5 Å². The van der Waals surface area contributed by atoms with E-state index in [0.717, 1.165) is 0 Å². The normalized spacial score (nSPS) is 11.4. The molecule has 1 aromatic heterocycles. The van der Waals surface area contributed by atoms with Gasteiger partial charge in [0.25, 0.3) is 0 Å². The summed E-state index contributed by atoms with van der Waals surface area (Å²) < 4.78 is 5.21. The number of rotatable bonds is 4. The highest BCUT2D eigenvalue weighted by Gasteiger charge is 2.11. The summed E-state index contributed by atoms with van der Waals surface area (Å²) in [4.78, 5) is 11.8. The maximum atomic E-state index is 11.8. The van der Waals surface area contributed by atoms with Gasteiger partial charge in [0.05, 0.1) is 5.71 Å². The molecule has 1 heterocycles. The molecular weight excluding hydrogens is 256 g/mol. The van der Waals surface area contributed by atoms with Crippen molar-refractivity contribution < 1.29 is 14.3 Å². The van der Waals surface area contributed by atoms with Crippen LogP contribution in [0.2, 0.25) is 0 Å². The second-order valence-electron chi connectivity index (χ2n) is 4.28. The van der Waals surface area contributed by atoms with Crippen molar-refractivity contribution >= 4 is 11.6 Å². The molecule has 0 atom stereocenters. The summed E-state index contributed by atoms with van der Waals surface area (Å²) in [6.07, 6.45) is 0.578. The number of nitrogens with zero attached hydrogens (tertiary/aromatic N) is 1. The number of phenols is 1. The molecule has 104 valence electrons. The minimum absolute atomic E-state index is 0.135. The van der Waals surface area contributed by atoms with E-state index in [1.165, 1.54) is 0 Å². The molecule has 2 rings (SSSR count). The number of amides is 1. The van der Waals surface area contributed by atoms with Crippen LogP contribution in [0.4, 0.5) is 0 Å². The Morgan fingerprint density at radius 3 is 2.65 bits per heavy atom. The smallest absolute Gasteiger partial charge is 0.307 e. The van der Waals surface area contributed by atoms with E-state index in [0.29, 0.717) is 23.5 Å². The Bertz CT molecular complexity index is 644. The van der Waals surface area contributed by atoms with Gasteiger partial charge in [0, 0.05) is 5.56 Å². The number of aromatic hydroxyl groups is 1. The van der Waals surface area contributed by atoms with E-state index in [-0.39, 0.29) is 11.5 Å². The second kappa shape index (κ2) is 6.06. The Kier molecular flexibility index (Phi) is 4.20. The first-order valence-electron chi connectivity index (χ1n) is 6.33. The van der Waals surface area contributed by atoms with E-state index in [9.17, 15) is 9.90 Å². The Balaban J connectivity index is 2.16. The maximum Gasteiger partial charge on any atom is 0.307 e. The lowest BCUT2D eigenvalue weighted by molar-refractivity contribution is 0.0926. The lowest BCUT2D eigenvalue weighted by Crippen LogP contribution is -2.19. The molecule has 0 spiro atoms. The maximum absolute atomic E-state index is 11.8. The van der Waals surface area contributed by atoms with Gasteiger partial charge >= 0.3 is 5.91 Å². The summed E-state index contributed by atoms with van der Waals surface area (Å²) in [5, 5.41) is 13.8. The molecule has 0 saturated heterocycles. The molecule has 0 aliphatic heterocycles. The number of hydrazone groups is 1. The average molecular weight is 272 g/mol. The highest BCUT2D eigenvalue weighted by molar-refractivity contribution is 6.03. The number of carbonyl (C=O) groups excluding carboxylic acids is 1. The fraction of sp³-hybridized carbons (Fsp3) is 0.200. The summed E-state index contributed by atoms with van der Waals surface area (Å²) in [6.45, 7) is 3.66. The molecule has 0 aliphatic carbocycles. The van der Waals surface area contributed by atoms with Crippen molar-refractivity contribution in [3.05, 3.63) is 53.5 Å². The molecule has 5 nitrogen and oxygen atoms in total. The first-order valence-corrected chi connectivity index (χ1v) is 6.33. The highest BCUT2D eigenvalue weighted by atomic mass is 16.3. The van der Waals surface area contributed by atoms with Crippen molar-refractivity contribution in [1.82, 2.24) is 5.43 Å². The summed E-state index contributed by atoms with van der Waals surface area (Å²) in [5.41, 5.74) is 3.63. The fourth-order valence-corrected chi connectivity index (χ4v) is 1.78. The van der Waals surface area contributed by atoms with Crippen LogP contribution in [-0.2, 0) is 0 Å². The molecule has 20 heavy (non-hydrogen) atoms. The predicted octanol–water partition coefficient (Wildman–Crippen LogP) is 2.84. The van der Waals surface area contributed by atoms with Gasteiger partial charge in [-0.05, 0) is 37.6 Å². The SMILES string of the molecule is CCC(=NNC(=O)c1ccc(C)o1)c1ccccc1O. The second-order valence-corrected chi connectivity index (χ2v) is 4.28. The van der Waals surface area contributed by atoms with Gasteiger partial charge in [-0.2, -0.15) is 5.10 Å². The Labute approximate surface area is 116 Å². The predicted molar refractivity (Wildman–Crippen MR) is 75.8 cm³/mol. The fourth-order valence-electron chi connectivity index (χ4n) is 1.78. The summed E-state index contributed by atoms with van der Waals surface area (Å²) in [7, 11) is 0. The van der Waals surface area contributed by atoms with Gasteiger partial charge < -0.3 is 9.52 Å². The topological polar surface area (TPSA) is 74.8 Å². The first-order chi connectivity index (χ1) is 9.61. The molecule has 2 aromatic rings. The standard InChI is InChI=1S/C15H16N2O3/c1-3-12(11-6-4-5-7-13(11)18)16-17-15(19)14-9-8-10(2)20-14/h4-9,18H,3H2,1-2H3,(H,17,19). The largest absolute Gasteiger partial charge is 0.507 e. The van der Waals surface area contributed by atoms with Gasteiger partial charge in [0.15, 0.2) is 5.76 Å². The average Bonchev–Trinajstić information content (AvgIpc) is 2.88. The molecule has 0 unspecified atom stereocenters. The van der Waals surface area contributed by atoms with Crippen molar-refractivity contribution in [2.45, 2.75) is 20.3 Å². The third-order valence-corrected chi connectivity index (χ3v) is 2.81. The van der Waals surface area contributed by atoms with Crippen molar-refractivity contribution in [3.63, 3.8) is 0 Å². The quantitative estimate of drug-likeness (QED) is 0.664. The molecule has 1 aromatic carbocycles. The number of hydrogen-bond acceptors (Lipinski definition) is 4. The van der Waals surface area contributed by atoms with Crippen LogP contribution in [0.25, 0.3) is 0 Å². The minimum atomic E-state index is -0.417. The molecule has 2 N–H and O–H groups in total. The van der Waals surface area contributed by atoms with Crippen LogP contribution < -0.4 is 5.43 Å². The number of nitrogens with one attached hydrogen (secondary N) is 1. The summed E-state index contributed by atoms with van der Waals surface area (Å²) in [5.74, 6) is 0.588. The number of furan rings is 1. The van der Waals surface area contributed by atoms with Crippen LogP contribution >= 0.6 is 0 Å². The zero-order chi connectivity index (χ0) is 14.5. The van der Waals surface area contributed by atoms with Gasteiger partial charge in [-0.3, -0.25) is 4.79 Å². The van der Waals surface area contributed by atoms with E-state index in [2.05, 4.69) is 10.5 Å². The lowest BCUT2D eigenvalue weighted by Gasteiger charge is -2.06. The monoisotopic (exact) mass is 272 g/mol. The molecular formula is C15H16N2O3. The molecule has 0 radical (unpaired) electrons. The number of benzene rings is 1. The number of phenolic OH excluding ortho intramolecular Hbond substituents is 1. The summed E-state index contributed by atoms with van der Waals surface area (Å²) in [6, 6.07) is 10.2. The van der Waals surface area contributed by atoms with E-state index in [1.807, 2.05) is 6.92 Å². The highest BCUT2D eigenvalue weighted by Crippen LogP contribution is 2.17. The number of carbonyl (C=O) groups is 1. The number of aryl methyl sites for hydroxylation is 1. The third kappa shape index (κ3) is 3.06. The van der Waals surface area contributed by atoms with Crippen LogP contribution in [0.3, 0.4) is 0 Å². The van der Waals surface area contributed by atoms with E-state index in [1.54, 1.807) is 43.3 Å². The van der Waals surface area contributed by atoms with Crippen LogP contribution in [-0.4, -0.2) is 16.7 Å². The lowest BCUT2D eigenvalue weighted by atomic mass is 10.1. The molecule has 0 bridgehead atoms. The zero-order valence-corrected chi connectivity index (χ0v) is 11.4. The Morgan fingerprint density at radius 2 is 2.05 bits per heavy atom. The van der Waals surface area contributed by atoms with Crippen molar-refractivity contribution in [2.24, 2.45) is 5.10 Å². The van der Waals surface area contributed by atoms with Crippen LogP contribution in [0.1, 0.15) is 35.2 Å². The molecule has 0 fully saturated rings.